The van der Waals surface area contributed by atoms with E-state index >= 15 is 0 Å². The second-order valence-electron chi connectivity index (χ2n) is 5.73. The zero-order chi connectivity index (χ0) is 15.1. The molecule has 0 atom stereocenters. The molecule has 116 valence electrons. The fraction of sp³-hybridized carbons (Fsp3) is 0.625. The van der Waals surface area contributed by atoms with Crippen LogP contribution in [0.5, 0.6) is 0 Å². The van der Waals surface area contributed by atoms with Gasteiger partial charge in [-0.1, -0.05) is 6.07 Å². The summed E-state index contributed by atoms with van der Waals surface area (Å²) in [7, 11) is 0. The highest BCUT2D eigenvalue weighted by molar-refractivity contribution is 5.75. The molecule has 2 rings (SSSR count). The molecule has 1 aromatic rings. The van der Waals surface area contributed by atoms with Crippen LogP contribution >= 0.6 is 0 Å². The Hall–Kier alpha value is -1.62. The van der Waals surface area contributed by atoms with Crippen molar-refractivity contribution in [3.8, 4) is 0 Å². The van der Waals surface area contributed by atoms with Gasteiger partial charge in [0.15, 0.2) is 0 Å². The third kappa shape index (κ3) is 5.01. The predicted molar refractivity (Wildman–Crippen MR) is 83.4 cm³/mol. The number of aromatic nitrogens is 1. The largest absolute Gasteiger partial charge is 0.355 e. The predicted octanol–water partition coefficient (Wildman–Crippen LogP) is 1.15. The quantitative estimate of drug-likeness (QED) is 0.767. The van der Waals surface area contributed by atoms with E-state index < -0.39 is 0 Å². The summed E-state index contributed by atoms with van der Waals surface area (Å²) in [6, 6.07) is 3.55. The van der Waals surface area contributed by atoms with Crippen LogP contribution in [0.25, 0.3) is 0 Å². The molecule has 1 aliphatic heterocycles. The molecule has 21 heavy (non-hydrogen) atoms. The lowest BCUT2D eigenvalue weighted by atomic mass is 10.3. The molecule has 1 fully saturated rings. The van der Waals surface area contributed by atoms with E-state index in [0.29, 0.717) is 12.1 Å². The van der Waals surface area contributed by atoms with Crippen molar-refractivity contribution in [3.05, 3.63) is 34.2 Å². The Bertz CT molecular complexity index is 518. The van der Waals surface area contributed by atoms with E-state index in [9.17, 15) is 9.59 Å². The first kappa shape index (κ1) is 15.8. The van der Waals surface area contributed by atoms with Gasteiger partial charge in [0.1, 0.15) is 6.54 Å². The number of amides is 1. The molecule has 1 aliphatic rings. The number of hydrogen-bond acceptors (Lipinski definition) is 3. The van der Waals surface area contributed by atoms with Crippen LogP contribution in [0.4, 0.5) is 0 Å². The Balaban J connectivity index is 1.63. The highest BCUT2D eigenvalue weighted by atomic mass is 16.2. The van der Waals surface area contributed by atoms with Gasteiger partial charge < -0.3 is 14.8 Å². The van der Waals surface area contributed by atoms with E-state index in [-0.39, 0.29) is 18.0 Å². The van der Waals surface area contributed by atoms with Crippen LogP contribution in [-0.4, -0.2) is 41.6 Å². The number of likely N-dealkylation sites (tertiary alicyclic amines) is 1. The van der Waals surface area contributed by atoms with Crippen molar-refractivity contribution in [2.75, 3.05) is 26.2 Å². The molecule has 1 amide bonds. The fourth-order valence-corrected chi connectivity index (χ4v) is 2.69. The van der Waals surface area contributed by atoms with Gasteiger partial charge >= 0.3 is 0 Å². The van der Waals surface area contributed by atoms with E-state index in [4.69, 9.17) is 0 Å². The Morgan fingerprint density at radius 3 is 2.81 bits per heavy atom. The molecule has 0 aromatic carbocycles. The van der Waals surface area contributed by atoms with Gasteiger partial charge in [-0.15, -0.1) is 0 Å². The average molecular weight is 291 g/mol. The zero-order valence-electron chi connectivity index (χ0n) is 12.8. The highest BCUT2D eigenvalue weighted by Crippen LogP contribution is 2.07. The molecule has 0 unspecified atom stereocenters. The van der Waals surface area contributed by atoms with Crippen LogP contribution in [-0.2, 0) is 11.3 Å². The number of aryl methyl sites for hydroxylation is 1. The van der Waals surface area contributed by atoms with Crippen LogP contribution in [0.15, 0.2) is 23.1 Å². The summed E-state index contributed by atoms with van der Waals surface area (Å²) in [4.78, 5) is 26.1. The lowest BCUT2D eigenvalue weighted by Crippen LogP contribution is -2.33. The molecule has 1 saturated heterocycles. The van der Waals surface area contributed by atoms with Gasteiger partial charge in [-0.25, -0.2) is 0 Å². The summed E-state index contributed by atoms with van der Waals surface area (Å²) in [6.45, 7) is 6.13. The maximum absolute atomic E-state index is 11.8. The normalized spacial score (nSPS) is 15.3. The van der Waals surface area contributed by atoms with Crippen molar-refractivity contribution in [2.45, 2.75) is 39.2 Å². The minimum atomic E-state index is -0.0957. The average Bonchev–Trinajstić information content (AvgIpc) is 2.97. The summed E-state index contributed by atoms with van der Waals surface area (Å²) in [5.74, 6) is -0.0936. The van der Waals surface area contributed by atoms with E-state index in [0.717, 1.165) is 19.4 Å². The van der Waals surface area contributed by atoms with Gasteiger partial charge in [0.2, 0.25) is 5.91 Å². The Morgan fingerprint density at radius 2 is 2.05 bits per heavy atom. The topological polar surface area (TPSA) is 54.3 Å². The maximum atomic E-state index is 11.8. The maximum Gasteiger partial charge on any atom is 0.253 e. The summed E-state index contributed by atoms with van der Waals surface area (Å²) >= 11 is 0. The number of rotatable bonds is 7. The molecular weight excluding hydrogens is 266 g/mol. The smallest absolute Gasteiger partial charge is 0.253 e. The molecule has 0 bridgehead atoms. The molecule has 1 N–H and O–H groups in total. The standard InChI is InChI=1S/C16H25N3O2/c1-14-7-6-12-19(16(14)21)13-15(20)17-8-2-3-9-18-10-4-5-11-18/h6-7,12H,2-5,8-11,13H2,1H3,(H,17,20). The number of hydrogen-bond donors (Lipinski definition) is 1. The third-order valence-electron chi connectivity index (χ3n) is 3.95. The summed E-state index contributed by atoms with van der Waals surface area (Å²) < 4.78 is 1.45. The van der Waals surface area contributed by atoms with Gasteiger partial charge in [0, 0.05) is 18.3 Å². The van der Waals surface area contributed by atoms with Crippen molar-refractivity contribution in [1.82, 2.24) is 14.8 Å². The molecule has 2 heterocycles. The Morgan fingerprint density at radius 1 is 1.29 bits per heavy atom. The summed E-state index contributed by atoms with van der Waals surface area (Å²) in [5, 5.41) is 2.89. The van der Waals surface area contributed by atoms with E-state index in [1.165, 1.54) is 30.5 Å². The minimum Gasteiger partial charge on any atom is -0.355 e. The molecule has 1 aromatic heterocycles. The van der Waals surface area contributed by atoms with Crippen LogP contribution in [0.2, 0.25) is 0 Å². The first-order valence-corrected chi connectivity index (χ1v) is 7.82. The number of carbonyl (C=O) groups excluding carboxylic acids is 1. The molecule has 5 nitrogen and oxygen atoms in total. The zero-order valence-corrected chi connectivity index (χ0v) is 12.8. The number of nitrogens with zero attached hydrogens (tertiary/aromatic N) is 2. The van der Waals surface area contributed by atoms with Crippen LogP contribution in [0, 0.1) is 6.92 Å². The first-order valence-electron chi connectivity index (χ1n) is 7.82. The molecular formula is C16H25N3O2. The van der Waals surface area contributed by atoms with Crippen LogP contribution in [0.3, 0.4) is 0 Å². The van der Waals surface area contributed by atoms with Gasteiger partial charge in [-0.2, -0.15) is 0 Å². The second-order valence-corrected chi connectivity index (χ2v) is 5.73. The Kier molecular flexibility index (Phi) is 5.99. The van der Waals surface area contributed by atoms with E-state index in [1.54, 1.807) is 25.3 Å². The molecule has 0 spiro atoms. The first-order chi connectivity index (χ1) is 10.2. The fourth-order valence-electron chi connectivity index (χ4n) is 2.69. The van der Waals surface area contributed by atoms with Crippen LogP contribution in [0.1, 0.15) is 31.2 Å². The molecule has 0 aliphatic carbocycles. The SMILES string of the molecule is Cc1cccn(CC(=O)NCCCCN2CCCC2)c1=O. The van der Waals surface area contributed by atoms with Crippen molar-refractivity contribution in [1.29, 1.82) is 0 Å². The summed E-state index contributed by atoms with van der Waals surface area (Å²) in [6.07, 6.45) is 6.40. The van der Waals surface area contributed by atoms with Crippen molar-refractivity contribution in [3.63, 3.8) is 0 Å². The second kappa shape index (κ2) is 7.98. The number of pyridine rings is 1. The van der Waals surface area contributed by atoms with E-state index in [2.05, 4.69) is 10.2 Å². The lowest BCUT2D eigenvalue weighted by molar-refractivity contribution is -0.121. The van der Waals surface area contributed by atoms with Crippen LogP contribution < -0.4 is 10.9 Å². The van der Waals surface area contributed by atoms with Crippen molar-refractivity contribution < 1.29 is 4.79 Å². The lowest BCUT2D eigenvalue weighted by Gasteiger charge is -2.14. The number of nitrogens with one attached hydrogen (secondary N) is 1. The monoisotopic (exact) mass is 291 g/mol. The number of carbonyl (C=O) groups is 1. The van der Waals surface area contributed by atoms with E-state index in [1.807, 2.05) is 0 Å². The molecule has 0 saturated carbocycles. The minimum absolute atomic E-state index is 0.0936. The van der Waals surface area contributed by atoms with Crippen molar-refractivity contribution >= 4 is 5.91 Å². The number of unbranched alkanes of at least 4 members (excludes halogenated alkanes) is 1. The summed E-state index contributed by atoms with van der Waals surface area (Å²) in [5.41, 5.74) is 0.567. The third-order valence-corrected chi connectivity index (χ3v) is 3.95. The highest BCUT2D eigenvalue weighted by Gasteiger charge is 2.10. The Labute approximate surface area is 126 Å². The van der Waals surface area contributed by atoms with Gasteiger partial charge in [0.05, 0.1) is 0 Å². The van der Waals surface area contributed by atoms with Crippen molar-refractivity contribution in [2.24, 2.45) is 0 Å². The van der Waals surface area contributed by atoms with Gasteiger partial charge in [0.25, 0.3) is 5.56 Å². The molecule has 0 radical (unpaired) electrons. The van der Waals surface area contributed by atoms with Gasteiger partial charge in [-0.05, 0) is 58.3 Å². The van der Waals surface area contributed by atoms with Gasteiger partial charge in [-0.3, -0.25) is 9.59 Å². The molecule has 5 heteroatoms.